The topological polar surface area (TPSA) is 75.6 Å². The maximum atomic E-state index is 12.2. The third-order valence-electron chi connectivity index (χ3n) is 2.35. The molecule has 0 unspecified atom stereocenters. The highest BCUT2D eigenvalue weighted by molar-refractivity contribution is 9.11. The van der Waals surface area contributed by atoms with Gasteiger partial charge in [0, 0.05) is 0 Å². The Kier molecular flexibility index (Phi) is 4.48. The molecule has 1 aromatic heterocycles. The number of aromatic hydroxyl groups is 1. The van der Waals surface area contributed by atoms with Gasteiger partial charge < -0.3 is 9.84 Å². The molecule has 2 aromatic rings. The average Bonchev–Trinajstić information content (AvgIpc) is 2.73. The molecule has 9 heteroatoms. The number of nitrogens with one attached hydrogen (secondary N) is 1. The predicted octanol–water partition coefficient (Wildman–Crippen LogP) is 3.68. The summed E-state index contributed by atoms with van der Waals surface area (Å²) in [4.78, 5) is 0. The van der Waals surface area contributed by atoms with Crippen LogP contribution in [0, 0.1) is 0 Å². The SMILES string of the molecule is COc1cccc(O)c1NS(=O)(=O)c1cc(Cl)c(Br)s1. The second kappa shape index (κ2) is 5.80. The lowest BCUT2D eigenvalue weighted by atomic mass is 10.3. The number of hydrogen-bond acceptors (Lipinski definition) is 5. The molecule has 0 saturated carbocycles. The van der Waals surface area contributed by atoms with Gasteiger partial charge in [-0.3, -0.25) is 4.72 Å². The molecule has 0 aliphatic heterocycles. The minimum Gasteiger partial charge on any atom is -0.506 e. The van der Waals surface area contributed by atoms with E-state index in [0.717, 1.165) is 11.3 Å². The van der Waals surface area contributed by atoms with Crippen molar-refractivity contribution in [1.29, 1.82) is 0 Å². The fourth-order valence-corrected chi connectivity index (χ4v) is 4.92. The maximum Gasteiger partial charge on any atom is 0.271 e. The molecule has 0 saturated heterocycles. The molecule has 0 amide bonds. The molecule has 20 heavy (non-hydrogen) atoms. The van der Waals surface area contributed by atoms with Crippen molar-refractivity contribution in [1.82, 2.24) is 0 Å². The number of rotatable bonds is 4. The Bertz CT molecular complexity index is 725. The van der Waals surface area contributed by atoms with Crippen molar-refractivity contribution >= 4 is 54.6 Å². The van der Waals surface area contributed by atoms with Crippen LogP contribution in [0.1, 0.15) is 0 Å². The van der Waals surface area contributed by atoms with Crippen LogP contribution in [-0.2, 0) is 10.0 Å². The number of halogens is 2. The van der Waals surface area contributed by atoms with E-state index in [1.54, 1.807) is 6.07 Å². The van der Waals surface area contributed by atoms with Crippen LogP contribution in [0.3, 0.4) is 0 Å². The van der Waals surface area contributed by atoms with Gasteiger partial charge in [0.1, 0.15) is 21.4 Å². The molecular weight excluding hydrogens is 390 g/mol. The first-order valence-electron chi connectivity index (χ1n) is 5.19. The second-order valence-corrected chi connectivity index (χ2v) is 8.33. The molecule has 0 aliphatic carbocycles. The first-order chi connectivity index (χ1) is 9.35. The van der Waals surface area contributed by atoms with Crippen LogP contribution in [0.25, 0.3) is 0 Å². The molecule has 0 bridgehead atoms. The molecule has 108 valence electrons. The number of benzene rings is 1. The Hall–Kier alpha value is -0.960. The van der Waals surface area contributed by atoms with Gasteiger partial charge in [-0.2, -0.15) is 0 Å². The number of para-hydroxylation sites is 1. The molecule has 0 atom stereocenters. The van der Waals surface area contributed by atoms with Gasteiger partial charge in [-0.05, 0) is 34.1 Å². The van der Waals surface area contributed by atoms with E-state index in [4.69, 9.17) is 16.3 Å². The van der Waals surface area contributed by atoms with E-state index in [9.17, 15) is 13.5 Å². The second-order valence-electron chi connectivity index (χ2n) is 3.65. The highest BCUT2D eigenvalue weighted by Crippen LogP contribution is 2.38. The van der Waals surface area contributed by atoms with Crippen molar-refractivity contribution in [3.8, 4) is 11.5 Å². The lowest BCUT2D eigenvalue weighted by Gasteiger charge is -2.12. The summed E-state index contributed by atoms with van der Waals surface area (Å²) in [7, 11) is -2.48. The van der Waals surface area contributed by atoms with Crippen LogP contribution in [0.15, 0.2) is 32.3 Å². The van der Waals surface area contributed by atoms with Gasteiger partial charge in [0.25, 0.3) is 10.0 Å². The number of methoxy groups -OCH3 is 1. The number of hydrogen-bond donors (Lipinski definition) is 2. The van der Waals surface area contributed by atoms with Crippen molar-refractivity contribution in [3.05, 3.63) is 33.1 Å². The van der Waals surface area contributed by atoms with Gasteiger partial charge >= 0.3 is 0 Å². The van der Waals surface area contributed by atoms with Crippen molar-refractivity contribution in [2.75, 3.05) is 11.8 Å². The van der Waals surface area contributed by atoms with Crippen molar-refractivity contribution in [3.63, 3.8) is 0 Å². The van der Waals surface area contributed by atoms with Crippen LogP contribution in [0.2, 0.25) is 5.02 Å². The summed E-state index contributed by atoms with van der Waals surface area (Å²) in [6.07, 6.45) is 0. The van der Waals surface area contributed by atoms with E-state index < -0.39 is 10.0 Å². The minimum atomic E-state index is -3.86. The fourth-order valence-electron chi connectivity index (χ4n) is 1.44. The Morgan fingerprint density at radius 2 is 2.15 bits per heavy atom. The highest BCUT2D eigenvalue weighted by Gasteiger charge is 2.22. The van der Waals surface area contributed by atoms with Crippen molar-refractivity contribution < 1.29 is 18.3 Å². The van der Waals surface area contributed by atoms with Crippen LogP contribution in [-0.4, -0.2) is 20.6 Å². The Morgan fingerprint density at radius 3 is 2.70 bits per heavy atom. The van der Waals surface area contributed by atoms with E-state index in [1.807, 2.05) is 0 Å². The van der Waals surface area contributed by atoms with Crippen molar-refractivity contribution in [2.24, 2.45) is 0 Å². The fraction of sp³-hybridized carbons (Fsp3) is 0.0909. The standard InChI is InChI=1S/C11H9BrClNO4S2/c1-18-8-4-2-3-7(15)10(8)14-20(16,17)9-5-6(13)11(12)19-9/h2-5,14-15H,1H3. The Balaban J connectivity index is 2.43. The zero-order valence-corrected chi connectivity index (χ0v) is 14.0. The zero-order chi connectivity index (χ0) is 14.9. The minimum absolute atomic E-state index is 0.0179. The van der Waals surface area contributed by atoms with E-state index in [-0.39, 0.29) is 21.4 Å². The third kappa shape index (κ3) is 3.03. The number of phenolic OH excluding ortho intramolecular Hbond substituents is 1. The summed E-state index contributed by atoms with van der Waals surface area (Å²) in [5.74, 6) is -0.00932. The van der Waals surface area contributed by atoms with Gasteiger partial charge in [0.2, 0.25) is 0 Å². The molecule has 0 radical (unpaired) electrons. The van der Waals surface area contributed by atoms with Gasteiger partial charge in [-0.1, -0.05) is 17.7 Å². The van der Waals surface area contributed by atoms with Crippen LogP contribution < -0.4 is 9.46 Å². The predicted molar refractivity (Wildman–Crippen MR) is 82.5 cm³/mol. The van der Waals surface area contributed by atoms with Crippen LogP contribution in [0.5, 0.6) is 11.5 Å². The molecule has 0 fully saturated rings. The number of phenols is 1. The van der Waals surface area contributed by atoms with Gasteiger partial charge in [-0.15, -0.1) is 11.3 Å². The summed E-state index contributed by atoms with van der Waals surface area (Å²) in [5.41, 5.74) is -0.0179. The summed E-state index contributed by atoms with van der Waals surface area (Å²) in [6, 6.07) is 5.77. The lowest BCUT2D eigenvalue weighted by Crippen LogP contribution is -2.12. The molecule has 0 spiro atoms. The average molecular weight is 399 g/mol. The van der Waals surface area contributed by atoms with Crippen LogP contribution >= 0.6 is 38.9 Å². The van der Waals surface area contributed by atoms with E-state index in [0.29, 0.717) is 8.81 Å². The Labute approximate surface area is 133 Å². The smallest absolute Gasteiger partial charge is 0.271 e. The normalized spacial score (nSPS) is 11.3. The number of sulfonamides is 1. The highest BCUT2D eigenvalue weighted by atomic mass is 79.9. The molecule has 2 rings (SSSR count). The van der Waals surface area contributed by atoms with Gasteiger partial charge in [0.15, 0.2) is 0 Å². The molecule has 1 heterocycles. The van der Waals surface area contributed by atoms with Gasteiger partial charge in [-0.25, -0.2) is 8.42 Å². The number of ether oxygens (including phenoxy) is 1. The molecular formula is C11H9BrClNO4S2. The summed E-state index contributed by atoms with van der Waals surface area (Å²) in [5, 5.41) is 10.1. The lowest BCUT2D eigenvalue weighted by molar-refractivity contribution is 0.411. The van der Waals surface area contributed by atoms with Gasteiger partial charge in [0.05, 0.1) is 15.9 Å². The largest absolute Gasteiger partial charge is 0.506 e. The van der Waals surface area contributed by atoms with E-state index in [2.05, 4.69) is 20.7 Å². The zero-order valence-electron chi connectivity index (χ0n) is 10.1. The molecule has 1 aromatic carbocycles. The molecule has 2 N–H and O–H groups in total. The number of thiophene rings is 1. The molecule has 0 aliphatic rings. The summed E-state index contributed by atoms with van der Waals surface area (Å²) >= 11 is 9.95. The first-order valence-corrected chi connectivity index (χ1v) is 8.66. The van der Waals surface area contributed by atoms with E-state index >= 15 is 0 Å². The monoisotopic (exact) mass is 397 g/mol. The third-order valence-corrected chi connectivity index (χ3v) is 6.65. The molecule has 5 nitrogen and oxygen atoms in total. The summed E-state index contributed by atoms with van der Waals surface area (Å²) < 4.78 is 32.3. The van der Waals surface area contributed by atoms with E-state index in [1.165, 1.54) is 25.3 Å². The quantitative estimate of drug-likeness (QED) is 0.770. The maximum absolute atomic E-state index is 12.2. The van der Waals surface area contributed by atoms with Crippen molar-refractivity contribution in [2.45, 2.75) is 4.21 Å². The summed E-state index contributed by atoms with van der Waals surface area (Å²) in [6.45, 7) is 0. The van der Waals surface area contributed by atoms with Crippen LogP contribution in [0.4, 0.5) is 5.69 Å². The number of anilines is 1. The first kappa shape index (κ1) is 15.4. The Morgan fingerprint density at radius 1 is 1.45 bits per heavy atom.